The van der Waals surface area contributed by atoms with E-state index in [1.807, 2.05) is 0 Å². The van der Waals surface area contributed by atoms with Gasteiger partial charge in [-0.1, -0.05) is 27.2 Å². The first-order valence-corrected chi connectivity index (χ1v) is 8.40. The van der Waals surface area contributed by atoms with E-state index < -0.39 is 6.09 Å². The summed E-state index contributed by atoms with van der Waals surface area (Å²) in [6.45, 7) is 9.65. The van der Waals surface area contributed by atoms with Crippen molar-refractivity contribution in [2.45, 2.75) is 47.1 Å². The van der Waals surface area contributed by atoms with Crippen molar-refractivity contribution in [1.29, 1.82) is 0 Å². The van der Waals surface area contributed by atoms with Gasteiger partial charge in [-0.2, -0.15) is 0 Å². The maximum Gasteiger partial charge on any atom is 0.404 e. The summed E-state index contributed by atoms with van der Waals surface area (Å²) in [5.74, 6) is -0.0730. The number of carbonyl (C=O) groups excluding carboxylic acids is 3. The standard InChI is InChI=1S/C18H26N2O4/c1-6-8(2)9(3)14-12(7-24-18(19)23)13-15(20-14)17(22)11(5)10(4)16(13)21/h8-9,12,14,20H,6-7H2,1-5H3,(H2,19,23)/t8-,9-,12?,14?/m0/s1. The molecule has 0 aromatic carbocycles. The van der Waals surface area contributed by atoms with Crippen LogP contribution in [0.1, 0.15) is 41.0 Å². The smallest absolute Gasteiger partial charge is 0.404 e. The van der Waals surface area contributed by atoms with Crippen molar-refractivity contribution in [1.82, 2.24) is 5.32 Å². The number of hydrogen-bond acceptors (Lipinski definition) is 5. The zero-order valence-electron chi connectivity index (χ0n) is 14.9. The second-order valence-electron chi connectivity index (χ2n) is 6.85. The van der Waals surface area contributed by atoms with E-state index in [0.717, 1.165) is 6.42 Å². The molecule has 2 aliphatic rings. The van der Waals surface area contributed by atoms with Crippen molar-refractivity contribution >= 4 is 17.7 Å². The van der Waals surface area contributed by atoms with Gasteiger partial charge >= 0.3 is 6.09 Å². The monoisotopic (exact) mass is 334 g/mol. The van der Waals surface area contributed by atoms with E-state index in [4.69, 9.17) is 10.5 Å². The van der Waals surface area contributed by atoms with Crippen LogP contribution < -0.4 is 11.1 Å². The van der Waals surface area contributed by atoms with E-state index in [1.165, 1.54) is 0 Å². The van der Waals surface area contributed by atoms with Crippen LogP contribution in [-0.2, 0) is 14.3 Å². The van der Waals surface area contributed by atoms with Crippen LogP contribution in [0.2, 0.25) is 0 Å². The minimum atomic E-state index is -0.878. The third-order valence-corrected chi connectivity index (χ3v) is 5.61. The van der Waals surface area contributed by atoms with E-state index in [2.05, 4.69) is 26.1 Å². The molecule has 6 nitrogen and oxygen atoms in total. The predicted molar refractivity (Wildman–Crippen MR) is 90.0 cm³/mol. The molecule has 132 valence electrons. The maximum absolute atomic E-state index is 12.7. The Hall–Kier alpha value is -2.11. The molecular formula is C18H26N2O4. The van der Waals surface area contributed by atoms with Crippen LogP contribution in [-0.4, -0.2) is 30.3 Å². The van der Waals surface area contributed by atoms with Gasteiger partial charge in [0.25, 0.3) is 0 Å². The number of allylic oxidation sites excluding steroid dienone is 2. The predicted octanol–water partition coefficient (Wildman–Crippen LogP) is 2.09. The molecule has 4 atom stereocenters. The highest BCUT2D eigenvalue weighted by atomic mass is 16.5. The Morgan fingerprint density at radius 1 is 1.21 bits per heavy atom. The summed E-state index contributed by atoms with van der Waals surface area (Å²) >= 11 is 0. The lowest BCUT2D eigenvalue weighted by molar-refractivity contribution is -0.116. The average Bonchev–Trinajstić information content (AvgIpc) is 2.94. The molecule has 1 heterocycles. The van der Waals surface area contributed by atoms with Gasteiger partial charge in [-0.3, -0.25) is 9.59 Å². The lowest BCUT2D eigenvalue weighted by Gasteiger charge is -2.31. The second kappa shape index (κ2) is 6.79. The molecule has 3 N–H and O–H groups in total. The number of carbonyl (C=O) groups is 3. The fourth-order valence-electron chi connectivity index (χ4n) is 3.49. The first-order chi connectivity index (χ1) is 11.2. The quantitative estimate of drug-likeness (QED) is 0.750. The summed E-state index contributed by atoms with van der Waals surface area (Å²) in [6, 6.07) is -0.143. The molecule has 24 heavy (non-hydrogen) atoms. The number of nitrogens with two attached hydrogens (primary N) is 1. The third kappa shape index (κ3) is 2.97. The van der Waals surface area contributed by atoms with E-state index in [0.29, 0.717) is 28.3 Å². The summed E-state index contributed by atoms with van der Waals surface area (Å²) in [6.07, 6.45) is 0.100. The molecule has 0 saturated heterocycles. The molecule has 2 unspecified atom stereocenters. The minimum absolute atomic E-state index is 0.00203. The van der Waals surface area contributed by atoms with E-state index in [9.17, 15) is 14.4 Å². The molecule has 1 amide bonds. The number of hydrogen-bond donors (Lipinski definition) is 2. The Morgan fingerprint density at radius 3 is 2.33 bits per heavy atom. The molecule has 0 saturated carbocycles. The van der Waals surface area contributed by atoms with Crippen LogP contribution in [0.25, 0.3) is 0 Å². The topological polar surface area (TPSA) is 98.5 Å². The Kier molecular flexibility index (Phi) is 5.16. The van der Waals surface area contributed by atoms with Crippen molar-refractivity contribution in [3.8, 4) is 0 Å². The van der Waals surface area contributed by atoms with Crippen LogP contribution in [0.5, 0.6) is 0 Å². The lowest BCUT2D eigenvalue weighted by Crippen LogP contribution is -2.41. The molecule has 0 aromatic rings. The molecule has 1 aliphatic heterocycles. The lowest BCUT2D eigenvalue weighted by atomic mass is 9.77. The van der Waals surface area contributed by atoms with Crippen LogP contribution in [0.3, 0.4) is 0 Å². The minimum Gasteiger partial charge on any atom is -0.449 e. The molecule has 6 heteroatoms. The molecule has 0 fully saturated rings. The van der Waals surface area contributed by atoms with Gasteiger partial charge in [-0.25, -0.2) is 4.79 Å². The number of nitrogens with one attached hydrogen (secondary N) is 1. The Balaban J connectivity index is 2.40. The molecule has 2 rings (SSSR count). The molecule has 0 bridgehead atoms. The van der Waals surface area contributed by atoms with E-state index >= 15 is 0 Å². The van der Waals surface area contributed by atoms with Gasteiger partial charge in [0.15, 0.2) is 5.78 Å². The third-order valence-electron chi connectivity index (χ3n) is 5.61. The van der Waals surface area contributed by atoms with Gasteiger partial charge in [-0.15, -0.1) is 0 Å². The number of Topliss-reactive ketones (excluding diaryl/α,β-unsaturated/α-hetero) is 2. The van der Waals surface area contributed by atoms with Gasteiger partial charge in [0.2, 0.25) is 5.78 Å². The summed E-state index contributed by atoms with van der Waals surface area (Å²) < 4.78 is 5.00. The number of ether oxygens (including phenoxy) is 1. The summed E-state index contributed by atoms with van der Waals surface area (Å²) in [7, 11) is 0. The van der Waals surface area contributed by atoms with Crippen molar-refractivity contribution in [2.75, 3.05) is 6.61 Å². The van der Waals surface area contributed by atoms with Gasteiger partial charge < -0.3 is 15.8 Å². The summed E-state index contributed by atoms with van der Waals surface area (Å²) in [5, 5.41) is 3.26. The molecular weight excluding hydrogens is 308 g/mol. The first-order valence-electron chi connectivity index (χ1n) is 8.40. The largest absolute Gasteiger partial charge is 0.449 e. The van der Waals surface area contributed by atoms with E-state index in [1.54, 1.807) is 13.8 Å². The SMILES string of the molecule is CC[C@H](C)[C@H](C)C1NC2=C(C(=O)C(C)=C(C)C2=O)C1COC(N)=O. The van der Waals surface area contributed by atoms with Gasteiger partial charge in [0, 0.05) is 28.7 Å². The summed E-state index contributed by atoms with van der Waals surface area (Å²) in [4.78, 5) is 36.4. The number of primary amides is 1. The van der Waals surface area contributed by atoms with Crippen LogP contribution in [0.15, 0.2) is 22.4 Å². The molecule has 1 aliphatic carbocycles. The Bertz CT molecular complexity index is 647. The zero-order chi connectivity index (χ0) is 18.2. The number of rotatable bonds is 5. The van der Waals surface area contributed by atoms with Crippen molar-refractivity contribution < 1.29 is 19.1 Å². The highest BCUT2D eigenvalue weighted by Gasteiger charge is 2.46. The van der Waals surface area contributed by atoms with Crippen molar-refractivity contribution in [2.24, 2.45) is 23.5 Å². The zero-order valence-corrected chi connectivity index (χ0v) is 14.9. The van der Waals surface area contributed by atoms with Gasteiger partial charge in [-0.05, 0) is 25.7 Å². The van der Waals surface area contributed by atoms with Crippen LogP contribution in [0.4, 0.5) is 4.79 Å². The van der Waals surface area contributed by atoms with Gasteiger partial charge in [0.05, 0.1) is 5.70 Å². The number of amides is 1. The van der Waals surface area contributed by atoms with Crippen molar-refractivity contribution in [3.05, 3.63) is 22.4 Å². The molecule has 0 radical (unpaired) electrons. The molecule has 0 aromatic heterocycles. The normalized spacial score (nSPS) is 26.2. The maximum atomic E-state index is 12.7. The number of ketones is 2. The van der Waals surface area contributed by atoms with Crippen LogP contribution in [0, 0.1) is 17.8 Å². The fourth-order valence-corrected chi connectivity index (χ4v) is 3.49. The van der Waals surface area contributed by atoms with E-state index in [-0.39, 0.29) is 36.1 Å². The van der Waals surface area contributed by atoms with Gasteiger partial charge in [0.1, 0.15) is 6.61 Å². The fraction of sp³-hybridized carbons (Fsp3) is 0.611. The van der Waals surface area contributed by atoms with Crippen molar-refractivity contribution in [3.63, 3.8) is 0 Å². The Morgan fingerprint density at radius 2 is 1.79 bits per heavy atom. The second-order valence-corrected chi connectivity index (χ2v) is 6.85. The highest BCUT2D eigenvalue weighted by Crippen LogP contribution is 2.39. The van der Waals surface area contributed by atoms with Crippen LogP contribution >= 0.6 is 0 Å². The highest BCUT2D eigenvalue weighted by molar-refractivity contribution is 6.25. The Labute approximate surface area is 142 Å². The average molecular weight is 334 g/mol. The first kappa shape index (κ1) is 18.2. The summed E-state index contributed by atoms with van der Waals surface area (Å²) in [5.41, 5.74) is 6.83. The molecule has 0 spiro atoms.